The Balaban J connectivity index is 1.32. The van der Waals surface area contributed by atoms with Crippen LogP contribution in [0.15, 0.2) is 109 Å². The Bertz CT molecular complexity index is 1870. The first kappa shape index (κ1) is 33.2. The third-order valence-electron chi connectivity index (χ3n) is 8.80. The van der Waals surface area contributed by atoms with Gasteiger partial charge < -0.3 is 30.9 Å². The molecular formula is C38H41N7O4. The summed E-state index contributed by atoms with van der Waals surface area (Å²) in [5.41, 5.74) is 5.23. The summed E-state index contributed by atoms with van der Waals surface area (Å²) in [6.07, 6.45) is 9.08. The molecule has 1 aliphatic heterocycles. The summed E-state index contributed by atoms with van der Waals surface area (Å²) in [6, 6.07) is 21.0. The number of para-hydroxylation sites is 1. The van der Waals surface area contributed by atoms with Gasteiger partial charge in [0.1, 0.15) is 18.0 Å². The number of benzene rings is 3. The van der Waals surface area contributed by atoms with Crippen LogP contribution < -0.4 is 16.0 Å². The van der Waals surface area contributed by atoms with Crippen molar-refractivity contribution < 1.29 is 19.5 Å². The van der Waals surface area contributed by atoms with E-state index in [1.165, 1.54) is 4.90 Å². The maximum atomic E-state index is 14.4. The molecule has 1 aromatic heterocycles. The standard InChI is InChI=1S/C38H41N7O4/c1-2-20-39-23-34(47)45-32(21-26-16-18-30(46)19-17-26)37(48)44(25-33(45)41-38(49)40-22-27-10-5-3-6-11-27)24-29-14-9-15-31-35(42-43-36(29)31)28-12-7-4-8-13-28/h2,4-5,7-19,32-33,39,46H,1,3,6,20-25H2,(H,42,43)(H2,40,41,49)/t32-,33+/m0/s1. The fraction of sp³-hybridized carbons (Fsp3) is 0.263. The number of nitrogens with zero attached hydrogens (tertiary/aromatic N) is 3. The molecule has 5 N–H and O–H groups in total. The number of aromatic nitrogens is 2. The van der Waals surface area contributed by atoms with Gasteiger partial charge in [0, 0.05) is 37.0 Å². The van der Waals surface area contributed by atoms with Gasteiger partial charge in [-0.2, -0.15) is 5.10 Å². The molecule has 0 radical (unpaired) electrons. The molecule has 4 aromatic rings. The van der Waals surface area contributed by atoms with Gasteiger partial charge in [-0.3, -0.25) is 14.7 Å². The number of allylic oxidation sites excluding steroid dienone is 2. The minimum absolute atomic E-state index is 0.0431. The first-order valence-electron chi connectivity index (χ1n) is 16.5. The van der Waals surface area contributed by atoms with Gasteiger partial charge in [0.2, 0.25) is 11.8 Å². The second kappa shape index (κ2) is 15.5. The predicted molar refractivity (Wildman–Crippen MR) is 189 cm³/mol. The number of phenols is 1. The Morgan fingerprint density at radius 3 is 2.61 bits per heavy atom. The Kier molecular flexibility index (Phi) is 10.5. The molecule has 2 atom stereocenters. The Morgan fingerprint density at radius 1 is 1.04 bits per heavy atom. The molecule has 0 spiro atoms. The van der Waals surface area contributed by atoms with E-state index in [0.717, 1.165) is 51.7 Å². The van der Waals surface area contributed by atoms with Gasteiger partial charge in [-0.25, -0.2) is 4.79 Å². The van der Waals surface area contributed by atoms with Crippen LogP contribution in [0.2, 0.25) is 0 Å². The number of carbonyl (C=O) groups excluding carboxylic acids is 3. The highest BCUT2D eigenvalue weighted by Gasteiger charge is 2.43. The van der Waals surface area contributed by atoms with Crippen LogP contribution in [0, 0.1) is 0 Å². The van der Waals surface area contributed by atoms with Crippen LogP contribution in [-0.2, 0) is 22.6 Å². The molecule has 6 rings (SSSR count). The average Bonchev–Trinajstić information content (AvgIpc) is 3.56. The smallest absolute Gasteiger partial charge is 0.316 e. The molecule has 252 valence electrons. The number of hydrogen-bond donors (Lipinski definition) is 5. The zero-order valence-electron chi connectivity index (χ0n) is 27.3. The zero-order chi connectivity index (χ0) is 34.2. The van der Waals surface area contributed by atoms with Crippen molar-refractivity contribution in [1.82, 2.24) is 35.9 Å². The topological polar surface area (TPSA) is 143 Å². The zero-order valence-corrected chi connectivity index (χ0v) is 27.3. The normalized spacial score (nSPS) is 17.6. The number of aromatic amines is 1. The maximum Gasteiger partial charge on any atom is 0.316 e. The maximum absolute atomic E-state index is 14.4. The number of carbonyl (C=O) groups is 3. The summed E-state index contributed by atoms with van der Waals surface area (Å²) in [6.45, 7) is 4.72. The SMILES string of the molecule is C=CCNCC(=O)N1[C@@H](NC(=O)NCC2=CCCC=C2)CN(Cc2cccc3c(-c4ccccc4)n[nH]c23)C(=O)[C@@H]1Cc1ccc(O)cc1. The second-order valence-electron chi connectivity index (χ2n) is 12.2. The number of aromatic hydroxyl groups is 1. The predicted octanol–water partition coefficient (Wildman–Crippen LogP) is 4.39. The number of fused-ring (bicyclic) bond motifs is 1. The first-order valence-corrected chi connectivity index (χ1v) is 16.5. The highest BCUT2D eigenvalue weighted by molar-refractivity contribution is 5.95. The largest absolute Gasteiger partial charge is 0.508 e. The molecule has 1 saturated heterocycles. The number of urea groups is 1. The third kappa shape index (κ3) is 7.90. The molecule has 49 heavy (non-hydrogen) atoms. The lowest BCUT2D eigenvalue weighted by molar-refractivity contribution is -0.156. The van der Waals surface area contributed by atoms with Crippen LogP contribution in [0.25, 0.3) is 22.2 Å². The van der Waals surface area contributed by atoms with Crippen molar-refractivity contribution >= 4 is 28.7 Å². The first-order chi connectivity index (χ1) is 23.9. The summed E-state index contributed by atoms with van der Waals surface area (Å²) in [5.74, 6) is -0.477. The van der Waals surface area contributed by atoms with Gasteiger partial charge in [-0.05, 0) is 41.7 Å². The Morgan fingerprint density at radius 2 is 1.86 bits per heavy atom. The molecule has 1 aliphatic carbocycles. The number of hydrogen-bond acceptors (Lipinski definition) is 6. The minimum atomic E-state index is -0.925. The van der Waals surface area contributed by atoms with E-state index in [-0.39, 0.29) is 43.6 Å². The van der Waals surface area contributed by atoms with E-state index in [2.05, 4.69) is 44.9 Å². The lowest BCUT2D eigenvalue weighted by Gasteiger charge is -2.46. The van der Waals surface area contributed by atoms with Gasteiger partial charge in [0.05, 0.1) is 24.3 Å². The van der Waals surface area contributed by atoms with E-state index in [0.29, 0.717) is 13.1 Å². The molecule has 0 unspecified atom stereocenters. The summed E-state index contributed by atoms with van der Waals surface area (Å²) in [5, 5.41) is 27.6. The molecule has 11 nitrogen and oxygen atoms in total. The number of H-pyrrole nitrogens is 1. The summed E-state index contributed by atoms with van der Waals surface area (Å²) in [7, 11) is 0. The molecule has 0 bridgehead atoms. The summed E-state index contributed by atoms with van der Waals surface area (Å²) < 4.78 is 0. The number of amides is 4. The van der Waals surface area contributed by atoms with Crippen LogP contribution >= 0.6 is 0 Å². The van der Waals surface area contributed by atoms with Crippen molar-refractivity contribution in [3.8, 4) is 17.0 Å². The molecule has 3 aromatic carbocycles. The van der Waals surface area contributed by atoms with Crippen molar-refractivity contribution in [3.05, 3.63) is 120 Å². The molecule has 11 heteroatoms. The van der Waals surface area contributed by atoms with Crippen molar-refractivity contribution in [2.24, 2.45) is 0 Å². The van der Waals surface area contributed by atoms with E-state index in [1.54, 1.807) is 35.2 Å². The van der Waals surface area contributed by atoms with Gasteiger partial charge in [0.25, 0.3) is 0 Å². The fourth-order valence-corrected chi connectivity index (χ4v) is 6.39. The average molecular weight is 660 g/mol. The molecule has 0 saturated carbocycles. The minimum Gasteiger partial charge on any atom is -0.508 e. The molecule has 1 fully saturated rings. The molecule has 4 amide bonds. The van der Waals surface area contributed by atoms with Gasteiger partial charge in [-0.15, -0.1) is 6.58 Å². The monoisotopic (exact) mass is 659 g/mol. The second-order valence-corrected chi connectivity index (χ2v) is 12.2. The van der Waals surface area contributed by atoms with E-state index in [1.807, 2.05) is 54.6 Å². The molecule has 2 heterocycles. The van der Waals surface area contributed by atoms with Gasteiger partial charge in [0.15, 0.2) is 0 Å². The van der Waals surface area contributed by atoms with E-state index >= 15 is 0 Å². The van der Waals surface area contributed by atoms with Crippen molar-refractivity contribution in [3.63, 3.8) is 0 Å². The van der Waals surface area contributed by atoms with Gasteiger partial charge >= 0.3 is 6.03 Å². The Hall–Kier alpha value is -5.68. The van der Waals surface area contributed by atoms with E-state index in [4.69, 9.17) is 0 Å². The third-order valence-corrected chi connectivity index (χ3v) is 8.80. The highest BCUT2D eigenvalue weighted by atomic mass is 16.3. The quantitative estimate of drug-likeness (QED) is 0.113. The number of nitrogens with one attached hydrogen (secondary N) is 4. The highest BCUT2D eigenvalue weighted by Crippen LogP contribution is 2.30. The van der Waals surface area contributed by atoms with Crippen molar-refractivity contribution in [2.75, 3.05) is 26.2 Å². The van der Waals surface area contributed by atoms with Gasteiger partial charge in [-0.1, -0.05) is 85.0 Å². The number of rotatable bonds is 12. The van der Waals surface area contributed by atoms with Crippen LogP contribution in [-0.4, -0.2) is 81.3 Å². The lowest BCUT2D eigenvalue weighted by atomic mass is 9.98. The number of piperazine rings is 1. The lowest BCUT2D eigenvalue weighted by Crippen LogP contribution is -2.69. The van der Waals surface area contributed by atoms with Crippen molar-refractivity contribution in [1.29, 1.82) is 0 Å². The van der Waals surface area contributed by atoms with Crippen LogP contribution in [0.5, 0.6) is 5.75 Å². The van der Waals surface area contributed by atoms with E-state index < -0.39 is 18.2 Å². The Labute approximate surface area is 285 Å². The van der Waals surface area contributed by atoms with Crippen LogP contribution in [0.4, 0.5) is 4.79 Å². The van der Waals surface area contributed by atoms with E-state index in [9.17, 15) is 19.5 Å². The summed E-state index contributed by atoms with van der Waals surface area (Å²) in [4.78, 5) is 44.9. The van der Waals surface area contributed by atoms with Crippen LogP contribution in [0.1, 0.15) is 24.0 Å². The van der Waals surface area contributed by atoms with Crippen molar-refractivity contribution in [2.45, 2.75) is 38.0 Å². The van der Waals surface area contributed by atoms with Crippen LogP contribution in [0.3, 0.4) is 0 Å². The molecule has 2 aliphatic rings. The fourth-order valence-electron chi connectivity index (χ4n) is 6.39. The summed E-state index contributed by atoms with van der Waals surface area (Å²) >= 11 is 0. The molecular weight excluding hydrogens is 618 g/mol. The number of phenolic OH excluding ortho intramolecular Hbond substituents is 1.